The normalized spacial score (nSPS) is 25.5. The van der Waals surface area contributed by atoms with Crippen LogP contribution in [-0.4, -0.2) is 46.7 Å². The molecule has 5 nitrogen and oxygen atoms in total. The van der Waals surface area contributed by atoms with Gasteiger partial charge in [-0.05, 0) is 33.6 Å². The fourth-order valence-corrected chi connectivity index (χ4v) is 1.70. The number of amides is 1. The molecule has 1 unspecified atom stereocenters. The Bertz CT molecular complexity index is 305. The quantitative estimate of drug-likeness (QED) is 0.780. The van der Waals surface area contributed by atoms with Gasteiger partial charge in [-0.25, -0.2) is 4.79 Å². The fourth-order valence-electron chi connectivity index (χ4n) is 1.70. The summed E-state index contributed by atoms with van der Waals surface area (Å²) in [5, 5.41) is 9.05. The van der Waals surface area contributed by atoms with Crippen molar-refractivity contribution in [2.75, 3.05) is 13.7 Å². The van der Waals surface area contributed by atoms with Crippen LogP contribution in [0.2, 0.25) is 0 Å². The van der Waals surface area contributed by atoms with Crippen molar-refractivity contribution >= 4 is 11.9 Å². The van der Waals surface area contributed by atoms with Crippen LogP contribution in [0.1, 0.15) is 33.6 Å². The van der Waals surface area contributed by atoms with E-state index in [1.165, 1.54) is 25.8 Å². The Morgan fingerprint density at radius 3 is 2.38 bits per heavy atom. The van der Waals surface area contributed by atoms with E-state index in [0.717, 1.165) is 6.42 Å². The molecule has 0 aromatic heterocycles. The molecule has 92 valence electrons. The molecule has 1 atom stereocenters. The van der Waals surface area contributed by atoms with Crippen LogP contribution in [0, 0.1) is 0 Å². The molecule has 5 heteroatoms. The first-order chi connectivity index (χ1) is 7.22. The van der Waals surface area contributed by atoms with Gasteiger partial charge in [-0.15, -0.1) is 0 Å². The second kappa shape index (κ2) is 4.05. The van der Waals surface area contributed by atoms with Gasteiger partial charge in [0.05, 0.1) is 0 Å². The molecular formula is C11H19NO4. The molecule has 1 N–H and O–H groups in total. The first kappa shape index (κ1) is 13.0. The van der Waals surface area contributed by atoms with Crippen molar-refractivity contribution in [1.29, 1.82) is 0 Å². The van der Waals surface area contributed by atoms with Gasteiger partial charge in [-0.3, -0.25) is 4.79 Å². The summed E-state index contributed by atoms with van der Waals surface area (Å²) >= 11 is 0. The molecule has 1 amide bonds. The van der Waals surface area contributed by atoms with Gasteiger partial charge in [0, 0.05) is 13.7 Å². The van der Waals surface area contributed by atoms with E-state index in [2.05, 4.69) is 0 Å². The lowest BCUT2D eigenvalue weighted by molar-refractivity contribution is -0.164. The van der Waals surface area contributed by atoms with Crippen LogP contribution in [0.25, 0.3) is 0 Å². The summed E-state index contributed by atoms with van der Waals surface area (Å²) in [5.74, 6) is -1.29. The van der Waals surface area contributed by atoms with E-state index in [1.54, 1.807) is 6.92 Å². The van der Waals surface area contributed by atoms with Crippen molar-refractivity contribution in [2.24, 2.45) is 0 Å². The zero-order chi connectivity index (χ0) is 12.6. The highest BCUT2D eigenvalue weighted by atomic mass is 16.5. The van der Waals surface area contributed by atoms with Crippen molar-refractivity contribution in [2.45, 2.75) is 44.8 Å². The molecule has 1 fully saturated rings. The Morgan fingerprint density at radius 1 is 1.44 bits per heavy atom. The molecule has 0 aromatic rings. The average molecular weight is 229 g/mol. The Balaban J connectivity index is 2.85. The summed E-state index contributed by atoms with van der Waals surface area (Å²) < 4.78 is 5.41. The lowest BCUT2D eigenvalue weighted by Crippen LogP contribution is -2.56. The van der Waals surface area contributed by atoms with E-state index in [-0.39, 0.29) is 5.91 Å². The van der Waals surface area contributed by atoms with Crippen molar-refractivity contribution < 1.29 is 19.4 Å². The second-order valence-electron chi connectivity index (χ2n) is 4.91. The van der Waals surface area contributed by atoms with Gasteiger partial charge in [0.25, 0.3) is 5.91 Å². The Morgan fingerprint density at radius 2 is 2.00 bits per heavy atom. The summed E-state index contributed by atoms with van der Waals surface area (Å²) in [6.45, 7) is 5.29. The molecular weight excluding hydrogens is 210 g/mol. The highest BCUT2D eigenvalue weighted by molar-refractivity contribution is 5.90. The Kier molecular flexibility index (Phi) is 3.28. The monoisotopic (exact) mass is 229 g/mol. The smallest absolute Gasteiger partial charge is 0.329 e. The molecule has 0 radical (unpaired) electrons. The number of hydrogen-bond donors (Lipinski definition) is 1. The fraction of sp³-hybridized carbons (Fsp3) is 0.818. The topological polar surface area (TPSA) is 66.8 Å². The predicted octanol–water partition coefficient (Wildman–Crippen LogP) is 0.877. The van der Waals surface area contributed by atoms with E-state index in [9.17, 15) is 9.59 Å². The number of carbonyl (C=O) groups is 2. The number of rotatable bonds is 3. The number of likely N-dealkylation sites (N-methyl/N-ethyl adjacent to an activating group) is 1. The summed E-state index contributed by atoms with van der Waals surface area (Å²) in [5.41, 5.74) is -2.08. The third-order valence-corrected chi connectivity index (χ3v) is 3.34. The van der Waals surface area contributed by atoms with Gasteiger partial charge in [0.2, 0.25) is 0 Å². The van der Waals surface area contributed by atoms with E-state index in [4.69, 9.17) is 9.84 Å². The van der Waals surface area contributed by atoms with E-state index >= 15 is 0 Å². The first-order valence-electron chi connectivity index (χ1n) is 5.37. The number of ether oxygens (including phenoxy) is 1. The standard InChI is InChI=1S/C11H19NO4/c1-10(2,9(14)15)12(4)8(13)11(3)6-5-7-16-11/h5-7H2,1-4H3,(H,14,15). The van der Waals surface area contributed by atoms with Gasteiger partial charge >= 0.3 is 5.97 Å². The summed E-state index contributed by atoms with van der Waals surface area (Å²) in [4.78, 5) is 24.5. The van der Waals surface area contributed by atoms with Crippen molar-refractivity contribution in [3.05, 3.63) is 0 Å². The van der Waals surface area contributed by atoms with Gasteiger partial charge in [-0.1, -0.05) is 0 Å². The van der Waals surface area contributed by atoms with Crippen molar-refractivity contribution in [1.82, 2.24) is 4.90 Å². The largest absolute Gasteiger partial charge is 0.480 e. The van der Waals surface area contributed by atoms with Gasteiger partial charge in [0.1, 0.15) is 11.1 Å². The van der Waals surface area contributed by atoms with E-state index in [1.807, 2.05) is 0 Å². The number of carbonyl (C=O) groups excluding carboxylic acids is 1. The number of carboxylic acids is 1. The third-order valence-electron chi connectivity index (χ3n) is 3.34. The maximum Gasteiger partial charge on any atom is 0.329 e. The van der Waals surface area contributed by atoms with Crippen LogP contribution in [0.4, 0.5) is 0 Å². The SMILES string of the molecule is CN(C(=O)C1(C)CCCO1)C(C)(C)C(=O)O. The molecule has 1 aliphatic heterocycles. The highest BCUT2D eigenvalue weighted by Gasteiger charge is 2.45. The van der Waals surface area contributed by atoms with Crippen molar-refractivity contribution in [3.8, 4) is 0 Å². The minimum absolute atomic E-state index is 0.266. The summed E-state index contributed by atoms with van der Waals surface area (Å²) in [6, 6.07) is 0. The minimum atomic E-state index is -1.22. The maximum atomic E-state index is 12.2. The van der Waals surface area contributed by atoms with Crippen LogP contribution in [0.5, 0.6) is 0 Å². The molecule has 16 heavy (non-hydrogen) atoms. The zero-order valence-electron chi connectivity index (χ0n) is 10.2. The van der Waals surface area contributed by atoms with E-state index < -0.39 is 17.1 Å². The highest BCUT2D eigenvalue weighted by Crippen LogP contribution is 2.29. The summed E-state index contributed by atoms with van der Waals surface area (Å²) in [7, 11) is 1.50. The van der Waals surface area contributed by atoms with E-state index in [0.29, 0.717) is 13.0 Å². The second-order valence-corrected chi connectivity index (χ2v) is 4.91. The zero-order valence-corrected chi connectivity index (χ0v) is 10.2. The third kappa shape index (κ3) is 2.04. The van der Waals surface area contributed by atoms with Crippen LogP contribution in [-0.2, 0) is 14.3 Å². The number of hydrogen-bond acceptors (Lipinski definition) is 3. The van der Waals surface area contributed by atoms with Gasteiger partial charge < -0.3 is 14.7 Å². The molecule has 0 aromatic carbocycles. The molecule has 0 spiro atoms. The van der Waals surface area contributed by atoms with Crippen LogP contribution >= 0.6 is 0 Å². The minimum Gasteiger partial charge on any atom is -0.480 e. The Labute approximate surface area is 95.4 Å². The van der Waals surface area contributed by atoms with Crippen LogP contribution < -0.4 is 0 Å². The van der Waals surface area contributed by atoms with Crippen LogP contribution in [0.15, 0.2) is 0 Å². The van der Waals surface area contributed by atoms with Gasteiger partial charge in [0.15, 0.2) is 0 Å². The summed E-state index contributed by atoms with van der Waals surface area (Å²) in [6.07, 6.45) is 1.48. The number of aliphatic carboxylic acids is 1. The number of nitrogens with zero attached hydrogens (tertiary/aromatic N) is 1. The molecule has 1 saturated heterocycles. The van der Waals surface area contributed by atoms with Crippen molar-refractivity contribution in [3.63, 3.8) is 0 Å². The lowest BCUT2D eigenvalue weighted by atomic mass is 9.96. The van der Waals surface area contributed by atoms with Crippen LogP contribution in [0.3, 0.4) is 0 Å². The first-order valence-corrected chi connectivity index (χ1v) is 5.37. The molecule has 1 heterocycles. The molecule has 0 saturated carbocycles. The maximum absolute atomic E-state index is 12.2. The number of carboxylic acid groups (broad SMARTS) is 1. The molecule has 0 bridgehead atoms. The average Bonchev–Trinajstić information content (AvgIpc) is 2.63. The molecule has 0 aliphatic carbocycles. The molecule has 1 rings (SSSR count). The lowest BCUT2D eigenvalue weighted by Gasteiger charge is -2.36. The van der Waals surface area contributed by atoms with Gasteiger partial charge in [-0.2, -0.15) is 0 Å². The predicted molar refractivity (Wildman–Crippen MR) is 58.1 cm³/mol. The Hall–Kier alpha value is -1.10. The molecule has 1 aliphatic rings.